The second-order valence-corrected chi connectivity index (χ2v) is 7.57. The quantitative estimate of drug-likeness (QED) is 0.814. The SMILES string of the molecule is CCC(C)CNCC(=O)N1CCc2ccc(Cl)cc2C1c1ccccc1. The Morgan fingerprint density at radius 1 is 1.27 bits per heavy atom. The van der Waals surface area contributed by atoms with Gasteiger partial charge >= 0.3 is 0 Å². The Bertz CT molecular complexity index is 747. The minimum absolute atomic E-state index is 0.0726. The normalized spacial score (nSPS) is 17.7. The van der Waals surface area contributed by atoms with Crippen LogP contribution in [0.25, 0.3) is 0 Å². The fourth-order valence-electron chi connectivity index (χ4n) is 3.52. The lowest BCUT2D eigenvalue weighted by molar-refractivity contribution is -0.132. The van der Waals surface area contributed by atoms with Crippen LogP contribution in [0.2, 0.25) is 5.02 Å². The number of carbonyl (C=O) groups excluding carboxylic acids is 1. The Hall–Kier alpha value is -1.84. The van der Waals surface area contributed by atoms with Crippen molar-refractivity contribution < 1.29 is 4.79 Å². The first-order valence-electron chi connectivity index (χ1n) is 9.43. The molecule has 0 spiro atoms. The molecule has 3 nitrogen and oxygen atoms in total. The fourth-order valence-corrected chi connectivity index (χ4v) is 3.70. The Kier molecular flexibility index (Phi) is 6.33. The summed E-state index contributed by atoms with van der Waals surface area (Å²) in [7, 11) is 0. The maximum atomic E-state index is 13.0. The van der Waals surface area contributed by atoms with Crippen LogP contribution in [0.5, 0.6) is 0 Å². The molecule has 3 rings (SSSR count). The summed E-state index contributed by atoms with van der Waals surface area (Å²) in [5, 5.41) is 4.04. The largest absolute Gasteiger partial charge is 0.330 e. The van der Waals surface area contributed by atoms with Crippen molar-refractivity contribution in [2.45, 2.75) is 32.7 Å². The van der Waals surface area contributed by atoms with Gasteiger partial charge in [-0.1, -0.05) is 68.3 Å². The molecule has 138 valence electrons. The molecule has 0 aliphatic carbocycles. The van der Waals surface area contributed by atoms with Crippen molar-refractivity contribution in [2.24, 2.45) is 5.92 Å². The van der Waals surface area contributed by atoms with Gasteiger partial charge in [0.05, 0.1) is 12.6 Å². The van der Waals surface area contributed by atoms with Gasteiger partial charge in [0, 0.05) is 11.6 Å². The van der Waals surface area contributed by atoms with Gasteiger partial charge in [-0.15, -0.1) is 0 Å². The Balaban J connectivity index is 1.86. The highest BCUT2D eigenvalue weighted by molar-refractivity contribution is 6.30. The number of nitrogens with zero attached hydrogens (tertiary/aromatic N) is 1. The number of hydrogen-bond acceptors (Lipinski definition) is 2. The Labute approximate surface area is 161 Å². The molecule has 2 aromatic carbocycles. The molecule has 2 unspecified atom stereocenters. The van der Waals surface area contributed by atoms with E-state index in [1.807, 2.05) is 35.2 Å². The summed E-state index contributed by atoms with van der Waals surface area (Å²) in [4.78, 5) is 15.0. The van der Waals surface area contributed by atoms with Crippen molar-refractivity contribution in [2.75, 3.05) is 19.6 Å². The molecule has 0 fully saturated rings. The van der Waals surface area contributed by atoms with Gasteiger partial charge in [0.1, 0.15) is 0 Å². The van der Waals surface area contributed by atoms with Crippen molar-refractivity contribution >= 4 is 17.5 Å². The van der Waals surface area contributed by atoms with E-state index < -0.39 is 0 Å². The van der Waals surface area contributed by atoms with Gasteiger partial charge in [0.15, 0.2) is 0 Å². The topological polar surface area (TPSA) is 32.3 Å². The van der Waals surface area contributed by atoms with Gasteiger partial charge in [-0.3, -0.25) is 4.79 Å². The molecule has 0 aromatic heterocycles. The Morgan fingerprint density at radius 3 is 2.77 bits per heavy atom. The maximum absolute atomic E-state index is 13.0. The predicted octanol–water partition coefficient (Wildman–Crippen LogP) is 4.45. The van der Waals surface area contributed by atoms with Crippen LogP contribution in [-0.2, 0) is 11.2 Å². The number of hydrogen-bond donors (Lipinski definition) is 1. The number of halogens is 1. The second kappa shape index (κ2) is 8.70. The fraction of sp³-hybridized carbons (Fsp3) is 0.409. The van der Waals surface area contributed by atoms with E-state index >= 15 is 0 Å². The highest BCUT2D eigenvalue weighted by atomic mass is 35.5. The van der Waals surface area contributed by atoms with E-state index in [-0.39, 0.29) is 11.9 Å². The average molecular weight is 371 g/mol. The van der Waals surface area contributed by atoms with E-state index in [0.29, 0.717) is 17.5 Å². The first-order valence-corrected chi connectivity index (χ1v) is 9.81. The second-order valence-electron chi connectivity index (χ2n) is 7.14. The third kappa shape index (κ3) is 4.28. The molecule has 26 heavy (non-hydrogen) atoms. The molecule has 2 aromatic rings. The van der Waals surface area contributed by atoms with Crippen molar-refractivity contribution in [1.82, 2.24) is 10.2 Å². The molecule has 1 aliphatic heterocycles. The van der Waals surface area contributed by atoms with Crippen LogP contribution in [0.1, 0.15) is 43.0 Å². The molecule has 2 atom stereocenters. The van der Waals surface area contributed by atoms with Crippen LogP contribution in [0.15, 0.2) is 48.5 Å². The summed E-state index contributed by atoms with van der Waals surface area (Å²) >= 11 is 6.28. The standard InChI is InChI=1S/C22H27ClN2O/c1-3-16(2)14-24-15-21(26)25-12-11-17-9-10-19(23)13-20(17)22(25)18-7-5-4-6-8-18/h4-10,13,16,22,24H,3,11-12,14-15H2,1-2H3. The summed E-state index contributed by atoms with van der Waals surface area (Å²) in [6.07, 6.45) is 1.98. The van der Waals surface area contributed by atoms with Crippen molar-refractivity contribution in [3.8, 4) is 0 Å². The van der Waals surface area contributed by atoms with Crippen molar-refractivity contribution in [3.63, 3.8) is 0 Å². The first kappa shape index (κ1) is 18.9. The van der Waals surface area contributed by atoms with Gasteiger partial charge < -0.3 is 10.2 Å². The molecular formula is C22H27ClN2O. The molecular weight excluding hydrogens is 344 g/mol. The third-order valence-corrected chi connectivity index (χ3v) is 5.47. The first-order chi connectivity index (χ1) is 12.6. The molecule has 1 aliphatic rings. The van der Waals surface area contributed by atoms with E-state index in [1.165, 1.54) is 5.56 Å². The van der Waals surface area contributed by atoms with Crippen LogP contribution in [0.3, 0.4) is 0 Å². The van der Waals surface area contributed by atoms with E-state index in [4.69, 9.17) is 11.6 Å². The maximum Gasteiger partial charge on any atom is 0.237 e. The van der Waals surface area contributed by atoms with Gasteiger partial charge in [-0.05, 0) is 47.7 Å². The zero-order valence-electron chi connectivity index (χ0n) is 15.5. The number of rotatable bonds is 6. The lowest BCUT2D eigenvalue weighted by Crippen LogP contribution is -2.45. The molecule has 4 heteroatoms. The Morgan fingerprint density at radius 2 is 2.04 bits per heavy atom. The summed E-state index contributed by atoms with van der Waals surface area (Å²) in [5.74, 6) is 0.724. The van der Waals surface area contributed by atoms with E-state index in [0.717, 1.165) is 37.1 Å². The van der Waals surface area contributed by atoms with Crippen LogP contribution in [0, 0.1) is 5.92 Å². The van der Waals surface area contributed by atoms with Crippen LogP contribution >= 0.6 is 11.6 Å². The van der Waals surface area contributed by atoms with Gasteiger partial charge in [0.25, 0.3) is 0 Å². The number of benzene rings is 2. The molecule has 0 bridgehead atoms. The number of carbonyl (C=O) groups is 1. The smallest absolute Gasteiger partial charge is 0.237 e. The highest BCUT2D eigenvalue weighted by Gasteiger charge is 2.31. The summed E-state index contributed by atoms with van der Waals surface area (Å²) in [6.45, 7) is 6.35. The van der Waals surface area contributed by atoms with E-state index in [9.17, 15) is 4.79 Å². The molecule has 1 N–H and O–H groups in total. The third-order valence-electron chi connectivity index (χ3n) is 5.24. The minimum Gasteiger partial charge on any atom is -0.330 e. The number of fused-ring (bicyclic) bond motifs is 1. The molecule has 1 amide bonds. The van der Waals surface area contributed by atoms with E-state index in [2.05, 4.69) is 37.4 Å². The number of amides is 1. The van der Waals surface area contributed by atoms with Gasteiger partial charge in [-0.2, -0.15) is 0 Å². The summed E-state index contributed by atoms with van der Waals surface area (Å²) in [5.41, 5.74) is 3.55. The van der Waals surface area contributed by atoms with Crippen LogP contribution in [0.4, 0.5) is 0 Å². The zero-order chi connectivity index (χ0) is 18.5. The number of nitrogens with one attached hydrogen (secondary N) is 1. The minimum atomic E-state index is -0.0726. The van der Waals surface area contributed by atoms with Crippen LogP contribution < -0.4 is 5.32 Å². The molecule has 0 saturated heterocycles. The van der Waals surface area contributed by atoms with Crippen LogP contribution in [-0.4, -0.2) is 30.4 Å². The van der Waals surface area contributed by atoms with Crippen molar-refractivity contribution in [3.05, 3.63) is 70.2 Å². The van der Waals surface area contributed by atoms with Crippen molar-refractivity contribution in [1.29, 1.82) is 0 Å². The molecule has 0 radical (unpaired) electrons. The summed E-state index contributed by atoms with van der Waals surface area (Å²) in [6, 6.07) is 16.2. The van der Waals surface area contributed by atoms with E-state index in [1.54, 1.807) is 0 Å². The lowest BCUT2D eigenvalue weighted by atomic mass is 9.88. The molecule has 0 saturated carbocycles. The molecule has 1 heterocycles. The lowest BCUT2D eigenvalue weighted by Gasteiger charge is -2.38. The summed E-state index contributed by atoms with van der Waals surface area (Å²) < 4.78 is 0. The monoisotopic (exact) mass is 370 g/mol. The predicted molar refractivity (Wildman–Crippen MR) is 107 cm³/mol. The van der Waals surface area contributed by atoms with Gasteiger partial charge in [-0.25, -0.2) is 0 Å². The van der Waals surface area contributed by atoms with Gasteiger partial charge in [0.2, 0.25) is 5.91 Å². The zero-order valence-corrected chi connectivity index (χ0v) is 16.3. The average Bonchev–Trinajstić information content (AvgIpc) is 2.67. The highest BCUT2D eigenvalue weighted by Crippen LogP contribution is 2.36.